The van der Waals surface area contributed by atoms with Crippen molar-refractivity contribution >= 4 is 32.6 Å². The zero-order valence-electron chi connectivity index (χ0n) is 8.68. The van der Waals surface area contributed by atoms with Crippen molar-refractivity contribution in [2.45, 2.75) is 0 Å². The van der Waals surface area contributed by atoms with E-state index in [1.54, 1.807) is 6.07 Å². The number of nitrogens with one attached hydrogen (secondary N) is 1. The van der Waals surface area contributed by atoms with Crippen molar-refractivity contribution < 1.29 is 4.79 Å². The van der Waals surface area contributed by atoms with Crippen LogP contribution in [-0.2, 0) is 4.79 Å². The van der Waals surface area contributed by atoms with E-state index in [1.165, 1.54) is 17.5 Å². The number of amides is 1. The van der Waals surface area contributed by atoms with Gasteiger partial charge >= 0.3 is 0 Å². The number of hydrogen-bond donors (Lipinski definition) is 2. The number of fused-ring (bicyclic) bond motifs is 1. The van der Waals surface area contributed by atoms with E-state index in [0.717, 1.165) is 10.2 Å². The predicted molar refractivity (Wildman–Crippen MR) is 66.1 cm³/mol. The minimum Gasteiger partial charge on any atom is -0.365 e. The summed E-state index contributed by atoms with van der Waals surface area (Å²) in [4.78, 5) is 15.1. The first-order valence-corrected chi connectivity index (χ1v) is 5.54. The molecule has 2 rings (SSSR count). The molecule has 0 saturated heterocycles. The summed E-state index contributed by atoms with van der Waals surface area (Å²) in [6, 6.07) is 9.36. The van der Waals surface area contributed by atoms with Gasteiger partial charge in [-0.15, -0.1) is 0 Å². The third kappa shape index (κ3) is 2.41. The molecule has 5 nitrogen and oxygen atoms in total. The Morgan fingerprint density at radius 2 is 2.29 bits per heavy atom. The molecule has 0 aliphatic heterocycles. The molecule has 0 bridgehead atoms. The highest BCUT2D eigenvalue weighted by atomic mass is 32.1. The first-order chi connectivity index (χ1) is 8.20. The third-order valence-electron chi connectivity index (χ3n) is 2.02. The number of carbonyl (C=O) groups excluding carboxylic acids is 1. The lowest BCUT2D eigenvalue weighted by Crippen LogP contribution is -2.13. The van der Waals surface area contributed by atoms with Crippen LogP contribution in [0, 0.1) is 11.3 Å². The van der Waals surface area contributed by atoms with Crippen LogP contribution in [0.4, 0.5) is 5.13 Å². The molecule has 2 aromatic rings. The van der Waals surface area contributed by atoms with E-state index in [0.29, 0.717) is 5.13 Å². The van der Waals surface area contributed by atoms with Crippen molar-refractivity contribution in [3.63, 3.8) is 0 Å². The van der Waals surface area contributed by atoms with Crippen LogP contribution in [-0.4, -0.2) is 10.9 Å². The van der Waals surface area contributed by atoms with E-state index in [4.69, 9.17) is 11.0 Å². The standard InChI is InChI=1S/C11H8N4OS/c12-5-7(10(13)16)6-14-11-15-8-3-1-2-4-9(8)17-11/h1-4,6H,(H2,13,16)(H,14,15)/b7-6-. The maximum Gasteiger partial charge on any atom is 0.260 e. The Balaban J connectivity index is 2.25. The van der Waals surface area contributed by atoms with Crippen LogP contribution in [0.5, 0.6) is 0 Å². The molecule has 17 heavy (non-hydrogen) atoms. The first-order valence-electron chi connectivity index (χ1n) is 4.73. The summed E-state index contributed by atoms with van der Waals surface area (Å²) in [5, 5.41) is 12.0. The van der Waals surface area contributed by atoms with E-state index in [9.17, 15) is 4.79 Å². The molecule has 0 atom stereocenters. The van der Waals surface area contributed by atoms with Crippen LogP contribution >= 0.6 is 11.3 Å². The molecular weight excluding hydrogens is 236 g/mol. The first kappa shape index (κ1) is 11.1. The normalized spacial score (nSPS) is 11.1. The molecule has 0 fully saturated rings. The topological polar surface area (TPSA) is 91.8 Å². The fourth-order valence-electron chi connectivity index (χ4n) is 1.23. The minimum absolute atomic E-state index is 0.135. The maximum absolute atomic E-state index is 10.8. The van der Waals surface area contributed by atoms with Crippen LogP contribution < -0.4 is 11.1 Å². The highest BCUT2D eigenvalue weighted by Gasteiger charge is 2.04. The summed E-state index contributed by atoms with van der Waals surface area (Å²) < 4.78 is 1.03. The quantitative estimate of drug-likeness (QED) is 0.633. The number of para-hydroxylation sites is 1. The SMILES string of the molecule is N#C/C(=C/Nc1nc2ccccc2s1)C(N)=O. The number of carbonyl (C=O) groups is 1. The van der Waals surface area contributed by atoms with Gasteiger partial charge in [0.2, 0.25) is 0 Å². The van der Waals surface area contributed by atoms with Gasteiger partial charge < -0.3 is 11.1 Å². The second kappa shape index (κ2) is 4.63. The second-order valence-corrected chi connectivity index (χ2v) is 4.20. The van der Waals surface area contributed by atoms with Gasteiger partial charge in [-0.25, -0.2) is 4.98 Å². The molecule has 1 aromatic heterocycles. The Morgan fingerprint density at radius 1 is 1.53 bits per heavy atom. The molecule has 1 aromatic carbocycles. The van der Waals surface area contributed by atoms with Gasteiger partial charge in [-0.3, -0.25) is 4.79 Å². The number of thiazole rings is 1. The average molecular weight is 244 g/mol. The number of nitrogens with zero attached hydrogens (tertiary/aromatic N) is 2. The van der Waals surface area contributed by atoms with Crippen molar-refractivity contribution in [2.75, 3.05) is 5.32 Å². The number of rotatable bonds is 3. The Labute approximate surface area is 101 Å². The molecule has 84 valence electrons. The van der Waals surface area contributed by atoms with E-state index in [2.05, 4.69) is 10.3 Å². The van der Waals surface area contributed by atoms with Crippen molar-refractivity contribution in [2.24, 2.45) is 5.73 Å². The number of benzene rings is 1. The summed E-state index contributed by atoms with van der Waals surface area (Å²) in [5.41, 5.74) is 5.73. The summed E-state index contributed by atoms with van der Waals surface area (Å²) in [6.45, 7) is 0. The lowest BCUT2D eigenvalue weighted by Gasteiger charge is -1.93. The van der Waals surface area contributed by atoms with Gasteiger partial charge in [-0.1, -0.05) is 23.5 Å². The van der Waals surface area contributed by atoms with Gasteiger partial charge in [-0.05, 0) is 12.1 Å². The third-order valence-corrected chi connectivity index (χ3v) is 2.99. The van der Waals surface area contributed by atoms with Gasteiger partial charge in [0.25, 0.3) is 5.91 Å². The zero-order valence-corrected chi connectivity index (χ0v) is 9.49. The molecule has 0 saturated carbocycles. The van der Waals surface area contributed by atoms with Crippen molar-refractivity contribution in [1.82, 2.24) is 4.98 Å². The Kier molecular flexibility index (Phi) is 3.03. The molecule has 0 aliphatic carbocycles. The molecule has 1 amide bonds. The average Bonchev–Trinajstić information content (AvgIpc) is 2.71. The molecule has 0 radical (unpaired) electrons. The Hall–Kier alpha value is -2.39. The molecular formula is C11H8N4OS. The van der Waals surface area contributed by atoms with E-state index in [1.807, 2.05) is 24.3 Å². The summed E-state index contributed by atoms with van der Waals surface area (Å²) >= 11 is 1.43. The number of nitrogens with two attached hydrogens (primary N) is 1. The second-order valence-electron chi connectivity index (χ2n) is 3.17. The number of nitriles is 1. The number of hydrogen-bond acceptors (Lipinski definition) is 5. The van der Waals surface area contributed by atoms with Gasteiger partial charge in [0.1, 0.15) is 11.6 Å². The number of anilines is 1. The molecule has 0 spiro atoms. The summed E-state index contributed by atoms with van der Waals surface area (Å²) in [7, 11) is 0. The van der Waals surface area contributed by atoms with Gasteiger partial charge in [0.15, 0.2) is 5.13 Å². The van der Waals surface area contributed by atoms with Gasteiger partial charge in [-0.2, -0.15) is 5.26 Å². The fraction of sp³-hybridized carbons (Fsp3) is 0. The van der Waals surface area contributed by atoms with E-state index in [-0.39, 0.29) is 5.57 Å². The van der Waals surface area contributed by atoms with Crippen LogP contribution in [0.15, 0.2) is 36.0 Å². The smallest absolute Gasteiger partial charge is 0.260 e. The monoisotopic (exact) mass is 244 g/mol. The van der Waals surface area contributed by atoms with E-state index >= 15 is 0 Å². The zero-order chi connectivity index (χ0) is 12.3. The van der Waals surface area contributed by atoms with E-state index < -0.39 is 5.91 Å². The highest BCUT2D eigenvalue weighted by Crippen LogP contribution is 2.25. The largest absolute Gasteiger partial charge is 0.365 e. The van der Waals surface area contributed by atoms with Crippen molar-refractivity contribution in [3.8, 4) is 6.07 Å². The van der Waals surface area contributed by atoms with Crippen LogP contribution in [0.3, 0.4) is 0 Å². The van der Waals surface area contributed by atoms with Crippen LogP contribution in [0.2, 0.25) is 0 Å². The molecule has 6 heteroatoms. The molecule has 3 N–H and O–H groups in total. The highest BCUT2D eigenvalue weighted by molar-refractivity contribution is 7.22. The van der Waals surface area contributed by atoms with Crippen molar-refractivity contribution in [1.29, 1.82) is 5.26 Å². The minimum atomic E-state index is -0.763. The fourth-order valence-corrected chi connectivity index (χ4v) is 2.06. The number of primary amides is 1. The summed E-state index contributed by atoms with van der Waals surface area (Å²) in [5.74, 6) is -0.763. The van der Waals surface area contributed by atoms with Crippen molar-refractivity contribution in [3.05, 3.63) is 36.0 Å². The lowest BCUT2D eigenvalue weighted by molar-refractivity contribution is -0.114. The lowest BCUT2D eigenvalue weighted by atomic mass is 10.3. The predicted octanol–water partition coefficient (Wildman–Crippen LogP) is 1.60. The van der Waals surface area contributed by atoms with Gasteiger partial charge in [0, 0.05) is 6.20 Å². The molecule has 1 heterocycles. The summed E-state index contributed by atoms with van der Waals surface area (Å²) in [6.07, 6.45) is 1.26. The van der Waals surface area contributed by atoms with Crippen LogP contribution in [0.1, 0.15) is 0 Å². The molecule has 0 unspecified atom stereocenters. The Morgan fingerprint density at radius 3 is 2.94 bits per heavy atom. The molecule has 0 aliphatic rings. The number of aromatic nitrogens is 1. The van der Waals surface area contributed by atoms with Gasteiger partial charge in [0.05, 0.1) is 10.2 Å². The van der Waals surface area contributed by atoms with Crippen LogP contribution in [0.25, 0.3) is 10.2 Å². The Bertz CT molecular complexity index is 605. The maximum atomic E-state index is 10.8.